The molecule has 0 spiro atoms. The quantitative estimate of drug-likeness (QED) is 0.537. The van der Waals surface area contributed by atoms with Gasteiger partial charge in [-0.2, -0.15) is 0 Å². The number of rotatable bonds is 10. The van der Waals surface area contributed by atoms with E-state index in [1.807, 2.05) is 0 Å². The highest BCUT2D eigenvalue weighted by atomic mass is 15.1. The van der Waals surface area contributed by atoms with Gasteiger partial charge in [-0.1, -0.05) is 13.8 Å². The van der Waals surface area contributed by atoms with Gasteiger partial charge in [-0.15, -0.1) is 0 Å². The fourth-order valence-corrected chi connectivity index (χ4v) is 1.74. The van der Waals surface area contributed by atoms with Crippen molar-refractivity contribution in [2.75, 3.05) is 52.4 Å². The molecule has 0 saturated carbocycles. The number of nitrogens with zero attached hydrogens (tertiary/aromatic N) is 2. The van der Waals surface area contributed by atoms with Crippen molar-refractivity contribution in [3.05, 3.63) is 0 Å². The zero-order chi connectivity index (χ0) is 11.5. The lowest BCUT2D eigenvalue weighted by molar-refractivity contribution is 0.244. The highest BCUT2D eigenvalue weighted by Gasteiger charge is 2.03. The van der Waals surface area contributed by atoms with Crippen molar-refractivity contribution in [1.29, 1.82) is 0 Å². The summed E-state index contributed by atoms with van der Waals surface area (Å²) < 4.78 is 0. The Balaban J connectivity index is 3.55. The minimum atomic E-state index is 0.758. The predicted octanol–water partition coefficient (Wildman–Crippen LogP) is -0.0623. The van der Waals surface area contributed by atoms with Crippen molar-refractivity contribution in [3.8, 4) is 0 Å². The van der Waals surface area contributed by atoms with Crippen molar-refractivity contribution in [2.45, 2.75) is 20.3 Å². The molecule has 4 nitrogen and oxygen atoms in total. The maximum absolute atomic E-state index is 5.54. The van der Waals surface area contributed by atoms with Gasteiger partial charge in [-0.05, 0) is 32.6 Å². The van der Waals surface area contributed by atoms with E-state index in [0.29, 0.717) is 0 Å². The fraction of sp³-hybridized carbons (Fsp3) is 1.00. The average Bonchev–Trinajstić information content (AvgIpc) is 2.26. The molecule has 92 valence electrons. The standard InChI is InChI=1S/C11H28N4/c1-3-14(10-6-12)8-5-9-15(4-2)11-7-13/h3-13H2,1-2H3. The van der Waals surface area contributed by atoms with Crippen LogP contribution < -0.4 is 11.5 Å². The largest absolute Gasteiger partial charge is 0.329 e. The highest BCUT2D eigenvalue weighted by Crippen LogP contribution is 1.94. The first-order chi connectivity index (χ1) is 7.28. The molecule has 0 heterocycles. The van der Waals surface area contributed by atoms with Crippen molar-refractivity contribution in [1.82, 2.24) is 9.80 Å². The molecular formula is C11H28N4. The number of hydrogen-bond acceptors (Lipinski definition) is 4. The van der Waals surface area contributed by atoms with Crippen LogP contribution in [0.4, 0.5) is 0 Å². The van der Waals surface area contributed by atoms with Crippen LogP contribution in [0.25, 0.3) is 0 Å². The van der Waals surface area contributed by atoms with Crippen molar-refractivity contribution >= 4 is 0 Å². The van der Waals surface area contributed by atoms with Crippen LogP contribution in [0.15, 0.2) is 0 Å². The summed E-state index contributed by atoms with van der Waals surface area (Å²) in [4.78, 5) is 4.80. The molecule has 4 heteroatoms. The van der Waals surface area contributed by atoms with E-state index in [4.69, 9.17) is 11.5 Å². The van der Waals surface area contributed by atoms with Gasteiger partial charge in [0, 0.05) is 26.2 Å². The fourth-order valence-electron chi connectivity index (χ4n) is 1.74. The molecule has 15 heavy (non-hydrogen) atoms. The molecule has 0 aliphatic heterocycles. The van der Waals surface area contributed by atoms with Crippen molar-refractivity contribution in [3.63, 3.8) is 0 Å². The second-order valence-electron chi connectivity index (χ2n) is 3.80. The summed E-state index contributed by atoms with van der Waals surface area (Å²) in [6, 6.07) is 0. The summed E-state index contributed by atoms with van der Waals surface area (Å²) >= 11 is 0. The monoisotopic (exact) mass is 216 g/mol. The zero-order valence-electron chi connectivity index (χ0n) is 10.4. The third kappa shape index (κ3) is 7.73. The van der Waals surface area contributed by atoms with Crippen LogP contribution in [0.3, 0.4) is 0 Å². The van der Waals surface area contributed by atoms with E-state index >= 15 is 0 Å². The second kappa shape index (κ2) is 10.4. The second-order valence-corrected chi connectivity index (χ2v) is 3.80. The zero-order valence-corrected chi connectivity index (χ0v) is 10.4. The van der Waals surface area contributed by atoms with Crippen LogP contribution in [0.1, 0.15) is 20.3 Å². The van der Waals surface area contributed by atoms with Gasteiger partial charge < -0.3 is 21.3 Å². The lowest BCUT2D eigenvalue weighted by Crippen LogP contribution is -2.34. The summed E-state index contributed by atoms with van der Waals surface area (Å²) in [6.45, 7) is 12.4. The molecule has 0 aromatic carbocycles. The van der Waals surface area contributed by atoms with E-state index in [2.05, 4.69) is 23.6 Å². The molecule has 0 atom stereocenters. The van der Waals surface area contributed by atoms with E-state index in [-0.39, 0.29) is 0 Å². The topological polar surface area (TPSA) is 58.5 Å². The molecule has 0 fully saturated rings. The molecule has 0 aliphatic rings. The summed E-state index contributed by atoms with van der Waals surface area (Å²) in [5, 5.41) is 0. The number of nitrogens with two attached hydrogens (primary N) is 2. The minimum Gasteiger partial charge on any atom is -0.329 e. The Kier molecular flexibility index (Phi) is 10.3. The third-order valence-electron chi connectivity index (χ3n) is 2.73. The smallest absolute Gasteiger partial charge is 0.0104 e. The van der Waals surface area contributed by atoms with E-state index < -0.39 is 0 Å². The van der Waals surface area contributed by atoms with Gasteiger partial charge in [0.25, 0.3) is 0 Å². The van der Waals surface area contributed by atoms with E-state index in [1.54, 1.807) is 0 Å². The Morgan fingerprint density at radius 2 is 1.13 bits per heavy atom. The Labute approximate surface area is 94.6 Å². The summed E-state index contributed by atoms with van der Waals surface area (Å²) in [5.41, 5.74) is 11.1. The van der Waals surface area contributed by atoms with Crippen LogP contribution in [-0.2, 0) is 0 Å². The Morgan fingerprint density at radius 3 is 1.40 bits per heavy atom. The third-order valence-corrected chi connectivity index (χ3v) is 2.73. The van der Waals surface area contributed by atoms with Gasteiger partial charge in [0.1, 0.15) is 0 Å². The predicted molar refractivity (Wildman–Crippen MR) is 67.0 cm³/mol. The first-order valence-corrected chi connectivity index (χ1v) is 6.13. The maximum Gasteiger partial charge on any atom is 0.0104 e. The van der Waals surface area contributed by atoms with Crippen molar-refractivity contribution < 1.29 is 0 Å². The summed E-state index contributed by atoms with van der Waals surface area (Å²) in [6.07, 6.45) is 1.21. The molecule has 0 aromatic rings. The maximum atomic E-state index is 5.54. The van der Waals surface area contributed by atoms with Gasteiger partial charge in [0.2, 0.25) is 0 Å². The lowest BCUT2D eigenvalue weighted by atomic mass is 10.3. The minimum absolute atomic E-state index is 0.758. The molecule has 0 bridgehead atoms. The van der Waals surface area contributed by atoms with Crippen molar-refractivity contribution in [2.24, 2.45) is 11.5 Å². The van der Waals surface area contributed by atoms with Gasteiger partial charge in [-0.3, -0.25) is 0 Å². The number of hydrogen-bond donors (Lipinski definition) is 2. The van der Waals surface area contributed by atoms with E-state index in [1.165, 1.54) is 6.42 Å². The molecule has 0 radical (unpaired) electrons. The Hall–Kier alpha value is -0.160. The van der Waals surface area contributed by atoms with E-state index in [9.17, 15) is 0 Å². The Bertz CT molecular complexity index is 116. The van der Waals surface area contributed by atoms with Gasteiger partial charge in [0.15, 0.2) is 0 Å². The molecule has 0 aromatic heterocycles. The lowest BCUT2D eigenvalue weighted by Gasteiger charge is -2.23. The van der Waals surface area contributed by atoms with Crippen LogP contribution in [0.2, 0.25) is 0 Å². The first kappa shape index (κ1) is 14.8. The average molecular weight is 216 g/mol. The van der Waals surface area contributed by atoms with Gasteiger partial charge >= 0.3 is 0 Å². The van der Waals surface area contributed by atoms with E-state index in [0.717, 1.165) is 52.4 Å². The molecule has 0 rings (SSSR count). The molecule has 4 N–H and O–H groups in total. The van der Waals surface area contributed by atoms with Crippen LogP contribution >= 0.6 is 0 Å². The molecule has 0 unspecified atom stereocenters. The van der Waals surface area contributed by atoms with Gasteiger partial charge in [-0.25, -0.2) is 0 Å². The van der Waals surface area contributed by atoms with Crippen LogP contribution in [0, 0.1) is 0 Å². The molecule has 0 aliphatic carbocycles. The molecular weight excluding hydrogens is 188 g/mol. The Morgan fingerprint density at radius 1 is 0.733 bits per heavy atom. The van der Waals surface area contributed by atoms with Gasteiger partial charge in [0.05, 0.1) is 0 Å². The molecule has 0 saturated heterocycles. The van der Waals surface area contributed by atoms with Crippen LogP contribution in [0.5, 0.6) is 0 Å². The number of likely N-dealkylation sites (N-methyl/N-ethyl adjacent to an activating group) is 2. The SMILES string of the molecule is CCN(CCN)CCCN(CC)CCN. The summed E-state index contributed by atoms with van der Waals surface area (Å²) in [5.74, 6) is 0. The van der Waals surface area contributed by atoms with Crippen LogP contribution in [-0.4, -0.2) is 62.2 Å². The molecule has 0 amide bonds. The summed E-state index contributed by atoms with van der Waals surface area (Å²) in [7, 11) is 0. The normalized spacial score (nSPS) is 11.6. The highest BCUT2D eigenvalue weighted by molar-refractivity contribution is 4.60. The first-order valence-electron chi connectivity index (χ1n) is 6.13.